The molecule has 0 bridgehead atoms. The van der Waals surface area contributed by atoms with Gasteiger partial charge >= 0.3 is 0 Å². The minimum absolute atomic E-state index is 0.0261. The van der Waals surface area contributed by atoms with Gasteiger partial charge in [-0.2, -0.15) is 16.1 Å². The van der Waals surface area contributed by atoms with E-state index >= 15 is 0 Å². The van der Waals surface area contributed by atoms with E-state index < -0.39 is 10.0 Å². The minimum atomic E-state index is -3.49. The van der Waals surface area contributed by atoms with Crippen LogP contribution in [0.1, 0.15) is 30.0 Å². The molecular formula is C15H24ClNO2S2. The third-order valence-electron chi connectivity index (χ3n) is 3.85. The summed E-state index contributed by atoms with van der Waals surface area (Å²) in [5.74, 6) is 1.26. The molecule has 0 spiro atoms. The van der Waals surface area contributed by atoms with Crippen LogP contribution in [0.3, 0.4) is 0 Å². The molecule has 1 aromatic carbocycles. The molecule has 0 radical (unpaired) electrons. The number of nitrogens with zero attached hydrogens (tertiary/aromatic N) is 1. The monoisotopic (exact) mass is 349 g/mol. The Morgan fingerprint density at radius 2 is 1.95 bits per heavy atom. The van der Waals surface area contributed by atoms with Crippen molar-refractivity contribution in [1.29, 1.82) is 0 Å². The highest BCUT2D eigenvalue weighted by Crippen LogP contribution is 2.26. The van der Waals surface area contributed by atoms with Crippen molar-refractivity contribution in [1.82, 2.24) is 4.31 Å². The SMILES string of the molecule is CSCCC(C)N(C)S(=O)(=O)c1cc(CCl)cc(C)c1C. The second-order valence-corrected chi connectivity index (χ2v) is 8.54. The zero-order valence-electron chi connectivity index (χ0n) is 13.3. The first kappa shape index (κ1) is 18.8. The van der Waals surface area contributed by atoms with Crippen LogP contribution in [0.25, 0.3) is 0 Å². The number of halogens is 1. The average molecular weight is 350 g/mol. The van der Waals surface area contributed by atoms with Crippen LogP contribution in [0.4, 0.5) is 0 Å². The van der Waals surface area contributed by atoms with Crippen molar-refractivity contribution in [2.75, 3.05) is 19.1 Å². The standard InChI is InChI=1S/C15H24ClNO2S2/c1-11-8-14(10-16)9-15(13(11)3)21(18,19)17(4)12(2)6-7-20-5/h8-9,12H,6-7,10H2,1-5H3. The second-order valence-electron chi connectivity index (χ2n) is 5.32. The number of rotatable bonds is 7. The van der Waals surface area contributed by atoms with E-state index in [2.05, 4.69) is 0 Å². The van der Waals surface area contributed by atoms with Gasteiger partial charge in [0.1, 0.15) is 0 Å². The normalized spacial score (nSPS) is 13.7. The van der Waals surface area contributed by atoms with Crippen LogP contribution in [0.15, 0.2) is 17.0 Å². The summed E-state index contributed by atoms with van der Waals surface area (Å²) in [6.07, 6.45) is 2.86. The van der Waals surface area contributed by atoms with Gasteiger partial charge in [-0.05, 0) is 62.0 Å². The Balaban J connectivity index is 3.21. The number of hydrogen-bond donors (Lipinski definition) is 0. The van der Waals surface area contributed by atoms with E-state index in [0.717, 1.165) is 28.9 Å². The molecule has 0 saturated heterocycles. The highest BCUT2D eigenvalue weighted by atomic mass is 35.5. The number of benzene rings is 1. The van der Waals surface area contributed by atoms with E-state index in [9.17, 15) is 8.42 Å². The highest BCUT2D eigenvalue weighted by molar-refractivity contribution is 7.98. The second kappa shape index (κ2) is 7.86. The summed E-state index contributed by atoms with van der Waals surface area (Å²) in [5, 5.41) is 0. The molecule has 1 aromatic rings. The minimum Gasteiger partial charge on any atom is -0.207 e. The maximum atomic E-state index is 12.9. The van der Waals surface area contributed by atoms with Crippen molar-refractivity contribution < 1.29 is 8.42 Å². The summed E-state index contributed by atoms with van der Waals surface area (Å²) >= 11 is 7.60. The van der Waals surface area contributed by atoms with Gasteiger partial charge in [-0.15, -0.1) is 11.6 Å². The van der Waals surface area contributed by atoms with E-state index in [1.54, 1.807) is 24.9 Å². The Morgan fingerprint density at radius 3 is 2.48 bits per heavy atom. The summed E-state index contributed by atoms with van der Waals surface area (Å²) in [7, 11) is -1.83. The molecule has 0 N–H and O–H groups in total. The molecule has 0 fully saturated rings. The Bertz CT molecular complexity index is 588. The third kappa shape index (κ3) is 4.38. The smallest absolute Gasteiger partial charge is 0.207 e. The van der Waals surface area contributed by atoms with E-state index in [-0.39, 0.29) is 6.04 Å². The summed E-state index contributed by atoms with van der Waals surface area (Å²) in [6, 6.07) is 3.61. The maximum absolute atomic E-state index is 12.9. The maximum Gasteiger partial charge on any atom is 0.243 e. The molecule has 6 heteroatoms. The van der Waals surface area contributed by atoms with Crippen molar-refractivity contribution in [3.8, 4) is 0 Å². The molecule has 0 aromatic heterocycles. The lowest BCUT2D eigenvalue weighted by molar-refractivity contribution is 0.382. The number of aryl methyl sites for hydroxylation is 1. The van der Waals surface area contributed by atoms with Gasteiger partial charge in [0.15, 0.2) is 0 Å². The molecule has 0 saturated carbocycles. The van der Waals surface area contributed by atoms with Gasteiger partial charge in [0.05, 0.1) is 4.90 Å². The Morgan fingerprint density at radius 1 is 1.33 bits per heavy atom. The van der Waals surface area contributed by atoms with Crippen LogP contribution >= 0.6 is 23.4 Å². The summed E-state index contributed by atoms with van der Waals surface area (Å²) < 4.78 is 27.2. The first-order valence-corrected chi connectivity index (χ1v) is 10.3. The fourth-order valence-corrected chi connectivity index (χ4v) is 4.58. The van der Waals surface area contributed by atoms with Crippen LogP contribution in [-0.2, 0) is 15.9 Å². The molecule has 120 valence electrons. The van der Waals surface area contributed by atoms with Crippen LogP contribution in [0.2, 0.25) is 0 Å². The fraction of sp³-hybridized carbons (Fsp3) is 0.600. The molecule has 3 nitrogen and oxygen atoms in total. The van der Waals surface area contributed by atoms with Crippen LogP contribution in [0, 0.1) is 13.8 Å². The Labute approximate surface area is 138 Å². The molecule has 0 aliphatic carbocycles. The average Bonchev–Trinajstić information content (AvgIpc) is 2.46. The summed E-state index contributed by atoms with van der Waals surface area (Å²) in [4.78, 5) is 0.372. The quantitative estimate of drug-likeness (QED) is 0.702. The molecule has 1 rings (SSSR count). The van der Waals surface area contributed by atoms with Crippen molar-refractivity contribution in [3.05, 3.63) is 28.8 Å². The van der Waals surface area contributed by atoms with Crippen LogP contribution in [0.5, 0.6) is 0 Å². The predicted molar refractivity (Wildman–Crippen MR) is 92.9 cm³/mol. The zero-order valence-corrected chi connectivity index (χ0v) is 15.7. The van der Waals surface area contributed by atoms with Gasteiger partial charge < -0.3 is 0 Å². The molecule has 0 amide bonds. The lowest BCUT2D eigenvalue weighted by atomic mass is 10.1. The number of thioether (sulfide) groups is 1. The third-order valence-corrected chi connectivity index (χ3v) is 6.90. The van der Waals surface area contributed by atoms with Crippen LogP contribution in [-0.4, -0.2) is 37.8 Å². The molecule has 0 heterocycles. The van der Waals surface area contributed by atoms with Gasteiger partial charge in [-0.3, -0.25) is 0 Å². The Kier molecular flexibility index (Phi) is 7.04. The highest BCUT2D eigenvalue weighted by Gasteiger charge is 2.27. The zero-order chi connectivity index (χ0) is 16.2. The number of sulfonamides is 1. The van der Waals surface area contributed by atoms with Gasteiger partial charge in [0.2, 0.25) is 10.0 Å². The molecule has 1 atom stereocenters. The van der Waals surface area contributed by atoms with E-state index in [1.807, 2.05) is 33.1 Å². The molecule has 1 unspecified atom stereocenters. The largest absolute Gasteiger partial charge is 0.243 e. The topological polar surface area (TPSA) is 37.4 Å². The lowest BCUT2D eigenvalue weighted by Crippen LogP contribution is -2.36. The van der Waals surface area contributed by atoms with E-state index in [4.69, 9.17) is 11.6 Å². The van der Waals surface area contributed by atoms with Crippen molar-refractivity contribution in [3.63, 3.8) is 0 Å². The van der Waals surface area contributed by atoms with Crippen molar-refractivity contribution in [2.24, 2.45) is 0 Å². The van der Waals surface area contributed by atoms with Crippen LogP contribution < -0.4 is 0 Å². The van der Waals surface area contributed by atoms with Crippen molar-refractivity contribution in [2.45, 2.75) is 44.0 Å². The van der Waals surface area contributed by atoms with Gasteiger partial charge in [-0.25, -0.2) is 8.42 Å². The summed E-state index contributed by atoms with van der Waals surface area (Å²) in [5.41, 5.74) is 2.59. The Hall–Kier alpha value is -0.230. The first-order chi connectivity index (χ1) is 9.75. The van der Waals surface area contributed by atoms with Gasteiger partial charge in [0.25, 0.3) is 0 Å². The molecular weight excluding hydrogens is 326 g/mol. The predicted octanol–water partition coefficient (Wildman–Crippen LogP) is 3.80. The first-order valence-electron chi connectivity index (χ1n) is 6.88. The number of hydrogen-bond acceptors (Lipinski definition) is 3. The fourth-order valence-electron chi connectivity index (χ4n) is 2.11. The lowest BCUT2D eigenvalue weighted by Gasteiger charge is -2.25. The molecule has 0 aliphatic rings. The van der Waals surface area contributed by atoms with Crippen molar-refractivity contribution >= 4 is 33.4 Å². The number of alkyl halides is 1. The molecule has 0 aliphatic heterocycles. The van der Waals surface area contributed by atoms with Gasteiger partial charge in [0, 0.05) is 19.0 Å². The van der Waals surface area contributed by atoms with E-state index in [0.29, 0.717) is 10.8 Å². The summed E-state index contributed by atoms with van der Waals surface area (Å²) in [6.45, 7) is 5.71. The molecule has 21 heavy (non-hydrogen) atoms. The van der Waals surface area contributed by atoms with E-state index in [1.165, 1.54) is 4.31 Å². The van der Waals surface area contributed by atoms with Gasteiger partial charge in [-0.1, -0.05) is 6.07 Å².